The third kappa shape index (κ3) is 5.69. The van der Waals surface area contributed by atoms with Gasteiger partial charge in [-0.05, 0) is 54.2 Å². The lowest BCUT2D eigenvalue weighted by Gasteiger charge is -2.40. The Balaban J connectivity index is 1.41. The van der Waals surface area contributed by atoms with Crippen molar-refractivity contribution >= 4 is 15.9 Å². The second kappa shape index (κ2) is 10.6. The van der Waals surface area contributed by atoms with Crippen LogP contribution in [0.1, 0.15) is 35.6 Å². The predicted octanol–water partition coefficient (Wildman–Crippen LogP) is 2.11. The van der Waals surface area contributed by atoms with E-state index in [0.29, 0.717) is 31.3 Å². The second-order valence-corrected chi connectivity index (χ2v) is 9.19. The van der Waals surface area contributed by atoms with Crippen LogP contribution in [-0.2, 0) is 15.9 Å². The van der Waals surface area contributed by atoms with E-state index < -0.39 is 37.1 Å². The van der Waals surface area contributed by atoms with Crippen molar-refractivity contribution in [3.8, 4) is 5.75 Å². The first-order valence-corrected chi connectivity index (χ1v) is 11.7. The summed E-state index contributed by atoms with van der Waals surface area (Å²) in [7, 11) is 0. The molecule has 0 aromatic heterocycles. The van der Waals surface area contributed by atoms with Gasteiger partial charge in [0, 0.05) is 4.47 Å². The van der Waals surface area contributed by atoms with Crippen molar-refractivity contribution in [2.75, 3.05) is 19.8 Å². The number of rotatable bonds is 9. The molecule has 8 heteroatoms. The van der Waals surface area contributed by atoms with Crippen molar-refractivity contribution in [1.82, 2.24) is 0 Å². The Hall–Kier alpha value is -1.52. The zero-order chi connectivity index (χ0) is 22.7. The topological polar surface area (TPSA) is 109 Å². The first-order valence-electron chi connectivity index (χ1n) is 10.9. The third-order valence-corrected chi connectivity index (χ3v) is 6.61. The number of aliphatic hydroxyl groups excluding tert-OH is 4. The van der Waals surface area contributed by atoms with Gasteiger partial charge in [0.2, 0.25) is 0 Å². The van der Waals surface area contributed by atoms with E-state index in [-0.39, 0.29) is 0 Å². The van der Waals surface area contributed by atoms with Crippen LogP contribution in [0.5, 0.6) is 5.75 Å². The zero-order valence-corrected chi connectivity index (χ0v) is 19.2. The molecule has 0 unspecified atom stereocenters. The lowest BCUT2D eigenvalue weighted by Crippen LogP contribution is -2.55. The molecule has 1 aliphatic heterocycles. The molecule has 0 spiro atoms. The van der Waals surface area contributed by atoms with Crippen LogP contribution < -0.4 is 4.74 Å². The minimum atomic E-state index is -1.40. The van der Waals surface area contributed by atoms with E-state index in [0.717, 1.165) is 34.2 Å². The summed E-state index contributed by atoms with van der Waals surface area (Å²) in [4.78, 5) is 0. The molecule has 32 heavy (non-hydrogen) atoms. The zero-order valence-electron chi connectivity index (χ0n) is 17.6. The minimum absolute atomic E-state index is 0.429. The summed E-state index contributed by atoms with van der Waals surface area (Å²) in [5, 5.41) is 40.0. The molecule has 1 aliphatic carbocycles. The molecule has 2 aromatic carbocycles. The molecule has 7 nitrogen and oxygen atoms in total. The van der Waals surface area contributed by atoms with Crippen LogP contribution in [0.2, 0.25) is 0 Å². The fourth-order valence-electron chi connectivity index (χ4n) is 3.82. The van der Waals surface area contributed by atoms with Gasteiger partial charge in [0.05, 0.1) is 19.3 Å². The molecule has 4 rings (SSSR count). The van der Waals surface area contributed by atoms with Crippen LogP contribution in [0.4, 0.5) is 0 Å². The Morgan fingerprint density at radius 3 is 2.38 bits per heavy atom. The standard InChI is InChI=1S/C24H29BrO7/c25-19-8-3-15(24-23(29)22(28)21(27)20(13-26)32-24)12-16(19)11-14-1-4-17(5-2-14)30-9-10-31-18-6-7-18/h1-5,8,12,18,20-24,26-29H,6-7,9-11,13H2/t20-,21-,22+,23-,24+/m1/s1. The number of halogens is 1. The number of hydrogen-bond donors (Lipinski definition) is 4. The van der Waals surface area contributed by atoms with Crippen molar-refractivity contribution in [2.24, 2.45) is 0 Å². The summed E-state index contributed by atoms with van der Waals surface area (Å²) in [6.07, 6.45) is -2.50. The average molecular weight is 509 g/mol. The van der Waals surface area contributed by atoms with E-state index in [2.05, 4.69) is 15.9 Å². The van der Waals surface area contributed by atoms with E-state index >= 15 is 0 Å². The molecule has 1 saturated carbocycles. The summed E-state index contributed by atoms with van der Waals surface area (Å²) in [5.41, 5.74) is 2.72. The summed E-state index contributed by atoms with van der Waals surface area (Å²) >= 11 is 3.58. The van der Waals surface area contributed by atoms with Crippen LogP contribution >= 0.6 is 15.9 Å². The van der Waals surface area contributed by atoms with Crippen LogP contribution in [0.3, 0.4) is 0 Å². The van der Waals surface area contributed by atoms with Crippen LogP contribution in [0.25, 0.3) is 0 Å². The SMILES string of the molecule is OC[C@H]1O[C@@H](c2ccc(Br)c(Cc3ccc(OCCOC4CC4)cc3)c2)[C@H](O)[C@@H](O)[C@@H]1O. The van der Waals surface area contributed by atoms with Gasteiger partial charge < -0.3 is 34.6 Å². The third-order valence-electron chi connectivity index (χ3n) is 5.84. The lowest BCUT2D eigenvalue weighted by atomic mass is 9.90. The van der Waals surface area contributed by atoms with Crippen molar-refractivity contribution in [3.05, 3.63) is 63.6 Å². The Bertz CT molecular complexity index is 884. The largest absolute Gasteiger partial charge is 0.491 e. The number of benzene rings is 2. The van der Waals surface area contributed by atoms with E-state index in [9.17, 15) is 20.4 Å². The van der Waals surface area contributed by atoms with Crippen molar-refractivity contribution in [1.29, 1.82) is 0 Å². The van der Waals surface area contributed by atoms with Crippen LogP contribution in [0, 0.1) is 0 Å². The predicted molar refractivity (Wildman–Crippen MR) is 121 cm³/mol. The molecule has 2 fully saturated rings. The van der Waals surface area contributed by atoms with Gasteiger partial charge in [0.1, 0.15) is 42.9 Å². The van der Waals surface area contributed by atoms with Gasteiger partial charge in [-0.15, -0.1) is 0 Å². The molecule has 4 N–H and O–H groups in total. The van der Waals surface area contributed by atoms with E-state index in [4.69, 9.17) is 14.2 Å². The molecule has 0 bridgehead atoms. The van der Waals surface area contributed by atoms with Gasteiger partial charge >= 0.3 is 0 Å². The van der Waals surface area contributed by atoms with Gasteiger partial charge in [0.25, 0.3) is 0 Å². The first kappa shape index (κ1) is 23.6. The maximum absolute atomic E-state index is 10.4. The van der Waals surface area contributed by atoms with Crippen molar-refractivity contribution in [3.63, 3.8) is 0 Å². The number of ether oxygens (including phenoxy) is 3. The number of hydrogen-bond acceptors (Lipinski definition) is 7. The molecule has 1 heterocycles. The summed E-state index contributed by atoms with van der Waals surface area (Å²) in [5.74, 6) is 0.794. The highest BCUT2D eigenvalue weighted by Crippen LogP contribution is 2.34. The van der Waals surface area contributed by atoms with Crippen LogP contribution in [-0.4, -0.2) is 70.8 Å². The van der Waals surface area contributed by atoms with E-state index in [1.807, 2.05) is 36.4 Å². The van der Waals surface area contributed by atoms with Gasteiger partial charge in [-0.3, -0.25) is 0 Å². The summed E-state index contributed by atoms with van der Waals surface area (Å²) in [6, 6.07) is 13.4. The van der Waals surface area contributed by atoms with Crippen molar-refractivity contribution in [2.45, 2.75) is 55.9 Å². The molecule has 2 aliphatic rings. The molecule has 5 atom stereocenters. The Morgan fingerprint density at radius 2 is 1.69 bits per heavy atom. The Morgan fingerprint density at radius 1 is 0.938 bits per heavy atom. The molecule has 0 radical (unpaired) electrons. The van der Waals surface area contributed by atoms with Crippen LogP contribution in [0.15, 0.2) is 46.9 Å². The molecule has 1 saturated heterocycles. The highest BCUT2D eigenvalue weighted by Gasteiger charge is 2.44. The van der Waals surface area contributed by atoms with Gasteiger partial charge in [-0.1, -0.05) is 40.2 Å². The Kier molecular flexibility index (Phi) is 7.83. The maximum Gasteiger partial charge on any atom is 0.119 e. The maximum atomic E-state index is 10.4. The average Bonchev–Trinajstić information content (AvgIpc) is 3.63. The van der Waals surface area contributed by atoms with Gasteiger partial charge in [0.15, 0.2) is 0 Å². The lowest BCUT2D eigenvalue weighted by molar-refractivity contribution is -0.231. The van der Waals surface area contributed by atoms with Gasteiger partial charge in [-0.2, -0.15) is 0 Å². The molecular formula is C24H29BrO7. The summed E-state index contributed by atoms with van der Waals surface area (Å²) in [6.45, 7) is 0.679. The number of aliphatic hydroxyl groups is 4. The van der Waals surface area contributed by atoms with E-state index in [1.54, 1.807) is 6.07 Å². The first-order chi connectivity index (χ1) is 15.5. The van der Waals surface area contributed by atoms with E-state index in [1.165, 1.54) is 0 Å². The normalized spacial score (nSPS) is 28.0. The molecular weight excluding hydrogens is 480 g/mol. The second-order valence-electron chi connectivity index (χ2n) is 8.34. The monoisotopic (exact) mass is 508 g/mol. The fourth-order valence-corrected chi connectivity index (χ4v) is 4.20. The molecule has 2 aromatic rings. The molecule has 0 amide bonds. The molecule has 174 valence electrons. The van der Waals surface area contributed by atoms with Gasteiger partial charge in [-0.25, -0.2) is 0 Å². The fraction of sp³-hybridized carbons (Fsp3) is 0.500. The smallest absolute Gasteiger partial charge is 0.119 e. The summed E-state index contributed by atoms with van der Waals surface area (Å²) < 4.78 is 17.9. The highest BCUT2D eigenvalue weighted by molar-refractivity contribution is 9.10. The quantitative estimate of drug-likeness (QED) is 0.384. The highest BCUT2D eigenvalue weighted by atomic mass is 79.9. The van der Waals surface area contributed by atoms with Crippen molar-refractivity contribution < 1.29 is 34.6 Å². The Labute approximate surface area is 195 Å². The minimum Gasteiger partial charge on any atom is -0.491 e.